The van der Waals surface area contributed by atoms with Crippen LogP contribution in [0, 0.1) is 0 Å². The van der Waals surface area contributed by atoms with E-state index in [-0.39, 0.29) is 18.0 Å². The average Bonchev–Trinajstić information content (AvgIpc) is 2.74. The molecule has 3 saturated heterocycles. The van der Waals surface area contributed by atoms with Gasteiger partial charge in [-0.15, -0.1) is 0 Å². The molecule has 3 aliphatic rings. The first kappa shape index (κ1) is 15.3. The summed E-state index contributed by atoms with van der Waals surface area (Å²) in [5.74, 6) is -0.139. The van der Waals surface area contributed by atoms with E-state index in [2.05, 4.69) is 5.32 Å². The van der Waals surface area contributed by atoms with E-state index in [1.54, 1.807) is 0 Å². The Labute approximate surface area is 129 Å². The van der Waals surface area contributed by atoms with E-state index in [0.717, 1.165) is 37.2 Å². The van der Waals surface area contributed by atoms with Gasteiger partial charge in [-0.1, -0.05) is 0 Å². The van der Waals surface area contributed by atoms with Gasteiger partial charge in [-0.25, -0.2) is 9.86 Å². The molecule has 3 amide bonds. The van der Waals surface area contributed by atoms with E-state index in [1.165, 1.54) is 12.3 Å². The van der Waals surface area contributed by atoms with Gasteiger partial charge >= 0.3 is 6.03 Å². The molecule has 3 rings (SSSR count). The third kappa shape index (κ3) is 2.82. The van der Waals surface area contributed by atoms with Crippen LogP contribution in [0.3, 0.4) is 0 Å². The largest absolute Gasteiger partial charge is 0.351 e. The fourth-order valence-electron chi connectivity index (χ4n) is 3.50. The summed E-state index contributed by atoms with van der Waals surface area (Å²) >= 11 is 0. The summed E-state index contributed by atoms with van der Waals surface area (Å²) in [7, 11) is 1.53. The van der Waals surface area contributed by atoms with Gasteiger partial charge in [0.2, 0.25) is 5.91 Å². The molecule has 22 heavy (non-hydrogen) atoms. The van der Waals surface area contributed by atoms with Crippen molar-refractivity contribution in [3.8, 4) is 0 Å². The molecule has 3 fully saturated rings. The number of piperidine rings is 2. The summed E-state index contributed by atoms with van der Waals surface area (Å²) in [4.78, 5) is 38.2. The minimum absolute atomic E-state index is 0.0736. The summed E-state index contributed by atoms with van der Waals surface area (Å²) in [6.07, 6.45) is 3.56. The standard InChI is InChI=1S/C13H20BN4O4/c19-8-14-16-5-3-9(4-6-16)15-12(20)11-2-1-10-7-17(11)13(21)18(10)22/h8-11,22H,1-7H2,(H,15,20)/t10-,11+/m1/s1. The molecule has 8 nitrogen and oxygen atoms in total. The second-order valence-electron chi connectivity index (χ2n) is 6.13. The number of carbonyl (C=O) groups is 3. The quantitative estimate of drug-likeness (QED) is 0.396. The Morgan fingerprint density at radius 3 is 2.68 bits per heavy atom. The molecule has 0 aromatic heterocycles. The normalized spacial score (nSPS) is 29.6. The maximum absolute atomic E-state index is 12.4. The Kier molecular flexibility index (Phi) is 4.35. The highest BCUT2D eigenvalue weighted by Gasteiger charge is 2.46. The first-order valence-electron chi connectivity index (χ1n) is 7.72. The van der Waals surface area contributed by atoms with E-state index in [0.29, 0.717) is 19.4 Å². The summed E-state index contributed by atoms with van der Waals surface area (Å²) < 4.78 is 0. The molecule has 1 radical (unpaired) electrons. The molecule has 0 aromatic carbocycles. The number of rotatable bonds is 4. The van der Waals surface area contributed by atoms with Gasteiger partial charge in [-0.3, -0.25) is 10.0 Å². The molecule has 2 N–H and O–H groups in total. The van der Waals surface area contributed by atoms with Crippen LogP contribution in [0.2, 0.25) is 0 Å². The lowest BCUT2D eigenvalue weighted by molar-refractivity contribution is -0.127. The zero-order valence-corrected chi connectivity index (χ0v) is 12.4. The summed E-state index contributed by atoms with van der Waals surface area (Å²) in [6, 6.07) is -1.07. The van der Waals surface area contributed by atoms with Crippen LogP contribution in [0.4, 0.5) is 4.79 Å². The van der Waals surface area contributed by atoms with Crippen molar-refractivity contribution in [1.82, 2.24) is 20.1 Å². The molecule has 3 aliphatic heterocycles. The first-order valence-corrected chi connectivity index (χ1v) is 7.72. The number of nitrogens with zero attached hydrogens (tertiary/aromatic N) is 3. The number of hydrogen-bond donors (Lipinski definition) is 2. The van der Waals surface area contributed by atoms with Crippen molar-refractivity contribution in [2.24, 2.45) is 0 Å². The molecular formula is C13H20BN4O4. The number of urea groups is 1. The zero-order chi connectivity index (χ0) is 15.7. The summed E-state index contributed by atoms with van der Waals surface area (Å²) in [6.45, 7) is 1.90. The fourth-order valence-corrected chi connectivity index (χ4v) is 3.50. The van der Waals surface area contributed by atoms with Crippen molar-refractivity contribution in [1.29, 1.82) is 0 Å². The van der Waals surface area contributed by atoms with E-state index < -0.39 is 12.1 Å². The van der Waals surface area contributed by atoms with Crippen LogP contribution in [-0.4, -0.2) is 83.3 Å². The first-order chi connectivity index (χ1) is 10.6. The van der Waals surface area contributed by atoms with Gasteiger partial charge in [0, 0.05) is 12.6 Å². The van der Waals surface area contributed by atoms with Crippen LogP contribution in [0.25, 0.3) is 0 Å². The average molecular weight is 307 g/mol. The second kappa shape index (κ2) is 6.25. The predicted octanol–water partition coefficient (Wildman–Crippen LogP) is -0.966. The number of carbonyl (C=O) groups excluding carboxylic acids is 3. The van der Waals surface area contributed by atoms with E-state index in [4.69, 9.17) is 0 Å². The molecule has 3 heterocycles. The Morgan fingerprint density at radius 2 is 2.00 bits per heavy atom. The van der Waals surface area contributed by atoms with Gasteiger partial charge in [0.05, 0.1) is 12.2 Å². The summed E-state index contributed by atoms with van der Waals surface area (Å²) in [5.41, 5.74) is 0. The van der Waals surface area contributed by atoms with Crippen LogP contribution in [0.1, 0.15) is 25.7 Å². The highest BCUT2D eigenvalue weighted by atomic mass is 16.5. The number of hydrogen-bond acceptors (Lipinski definition) is 5. The van der Waals surface area contributed by atoms with Gasteiger partial charge in [0.15, 0.2) is 0 Å². The predicted molar refractivity (Wildman–Crippen MR) is 77.8 cm³/mol. The SMILES string of the molecule is O=C[B]N1CCC(NC(=O)[C@@H]2CC[C@@H]3CN2C(=O)N3O)CC1. The lowest BCUT2D eigenvalue weighted by Gasteiger charge is -2.34. The van der Waals surface area contributed by atoms with E-state index >= 15 is 0 Å². The monoisotopic (exact) mass is 307 g/mol. The smallest absolute Gasteiger partial charge is 0.344 e. The van der Waals surface area contributed by atoms with Crippen molar-refractivity contribution >= 4 is 25.5 Å². The van der Waals surface area contributed by atoms with Crippen molar-refractivity contribution < 1.29 is 19.6 Å². The number of hydroxylamine groups is 2. The third-order valence-electron chi connectivity index (χ3n) is 4.79. The number of nitrogens with one attached hydrogen (secondary N) is 1. The molecule has 0 aliphatic carbocycles. The molecule has 2 bridgehead atoms. The van der Waals surface area contributed by atoms with Crippen LogP contribution in [0.15, 0.2) is 0 Å². The Morgan fingerprint density at radius 1 is 1.27 bits per heavy atom. The maximum atomic E-state index is 12.4. The topological polar surface area (TPSA) is 93.2 Å². The van der Waals surface area contributed by atoms with Gasteiger partial charge in [0.25, 0.3) is 7.41 Å². The molecule has 0 unspecified atom stereocenters. The minimum Gasteiger partial charge on any atom is -0.351 e. The van der Waals surface area contributed by atoms with Crippen LogP contribution in [0.5, 0.6) is 0 Å². The van der Waals surface area contributed by atoms with Gasteiger partial charge in [-0.05, 0) is 38.8 Å². The highest BCUT2D eigenvalue weighted by molar-refractivity contribution is 6.64. The number of amides is 3. The molecule has 2 atom stereocenters. The molecule has 119 valence electrons. The second-order valence-corrected chi connectivity index (χ2v) is 6.13. The van der Waals surface area contributed by atoms with Crippen LogP contribution < -0.4 is 5.32 Å². The van der Waals surface area contributed by atoms with Gasteiger partial charge in [-0.2, -0.15) is 0 Å². The fraction of sp³-hybridized carbons (Fsp3) is 0.769. The molecular weight excluding hydrogens is 287 g/mol. The summed E-state index contributed by atoms with van der Waals surface area (Å²) in [5, 5.41) is 13.4. The lowest BCUT2D eigenvalue weighted by Crippen LogP contribution is -2.54. The number of fused-ring (bicyclic) bond motifs is 2. The molecule has 0 saturated carbocycles. The van der Waals surface area contributed by atoms with Crippen LogP contribution >= 0.6 is 0 Å². The maximum Gasteiger partial charge on any atom is 0.344 e. The van der Waals surface area contributed by atoms with Crippen LogP contribution in [-0.2, 0) is 9.59 Å². The van der Waals surface area contributed by atoms with Crippen molar-refractivity contribution in [2.45, 2.75) is 43.8 Å². The van der Waals surface area contributed by atoms with Crippen molar-refractivity contribution in [3.05, 3.63) is 0 Å². The molecule has 0 aromatic rings. The molecule has 9 heteroatoms. The third-order valence-corrected chi connectivity index (χ3v) is 4.79. The van der Waals surface area contributed by atoms with Crippen molar-refractivity contribution in [2.75, 3.05) is 19.6 Å². The van der Waals surface area contributed by atoms with E-state index in [9.17, 15) is 19.6 Å². The zero-order valence-electron chi connectivity index (χ0n) is 12.4. The van der Waals surface area contributed by atoms with E-state index in [1.807, 2.05) is 4.81 Å². The Hall–Kier alpha value is -1.61. The highest BCUT2D eigenvalue weighted by Crippen LogP contribution is 2.28. The molecule has 0 spiro atoms. The Bertz CT molecular complexity index is 469. The van der Waals surface area contributed by atoms with Crippen molar-refractivity contribution in [3.63, 3.8) is 0 Å². The minimum atomic E-state index is -0.486. The van der Waals surface area contributed by atoms with Gasteiger partial charge in [0.1, 0.15) is 6.04 Å². The Balaban J connectivity index is 1.52. The van der Waals surface area contributed by atoms with Gasteiger partial charge < -0.3 is 19.8 Å². The lowest BCUT2D eigenvalue weighted by atomic mass is 9.89.